The van der Waals surface area contributed by atoms with Crippen LogP contribution in [-0.2, 0) is 16.0 Å². The standard InChI is InChI=1S/C20H17N3O5/c1-12(24)28-15-6-4-5-13(9-15)19(25)23-18(20(26)27)10-14-11-21-16-7-2-3-8-17(16)22-14/h2-9,11,18H,10H2,1H3,(H,23,25)(H,26,27)/t18-/m0/s1. The molecule has 0 aliphatic rings. The van der Waals surface area contributed by atoms with Crippen molar-refractivity contribution in [1.29, 1.82) is 0 Å². The predicted molar refractivity (Wildman–Crippen MR) is 99.9 cm³/mol. The molecule has 3 aromatic rings. The summed E-state index contributed by atoms with van der Waals surface area (Å²) in [5.74, 6) is -2.11. The SMILES string of the molecule is CC(=O)Oc1cccc(C(=O)N[C@@H](Cc2cnc3ccccc3n2)C(=O)O)c1. The molecule has 1 atom stereocenters. The second kappa shape index (κ2) is 8.26. The van der Waals surface area contributed by atoms with Gasteiger partial charge in [-0.05, 0) is 30.3 Å². The van der Waals surface area contributed by atoms with Gasteiger partial charge in [-0.15, -0.1) is 0 Å². The van der Waals surface area contributed by atoms with Gasteiger partial charge in [-0.3, -0.25) is 14.6 Å². The van der Waals surface area contributed by atoms with E-state index in [1.807, 2.05) is 12.1 Å². The number of esters is 1. The van der Waals surface area contributed by atoms with Crippen LogP contribution in [0.5, 0.6) is 5.75 Å². The highest BCUT2D eigenvalue weighted by Gasteiger charge is 2.22. The molecule has 1 aromatic heterocycles. The number of ether oxygens (including phenoxy) is 1. The third kappa shape index (κ3) is 4.67. The van der Waals surface area contributed by atoms with Crippen molar-refractivity contribution in [3.05, 3.63) is 66.0 Å². The molecule has 1 heterocycles. The Kier molecular flexibility index (Phi) is 5.59. The zero-order valence-corrected chi connectivity index (χ0v) is 15.0. The zero-order valence-electron chi connectivity index (χ0n) is 15.0. The Bertz CT molecular complexity index is 1050. The van der Waals surface area contributed by atoms with Gasteiger partial charge in [0.15, 0.2) is 0 Å². The molecule has 0 aliphatic carbocycles. The summed E-state index contributed by atoms with van der Waals surface area (Å²) in [6, 6.07) is 12.0. The van der Waals surface area contributed by atoms with Crippen LogP contribution in [0.2, 0.25) is 0 Å². The maximum atomic E-state index is 12.4. The number of carboxylic acid groups (broad SMARTS) is 1. The highest BCUT2D eigenvalue weighted by molar-refractivity contribution is 5.97. The summed E-state index contributed by atoms with van der Waals surface area (Å²) in [6.45, 7) is 1.25. The average Bonchev–Trinajstić information content (AvgIpc) is 2.67. The van der Waals surface area contributed by atoms with E-state index in [4.69, 9.17) is 4.74 Å². The molecule has 2 N–H and O–H groups in total. The van der Waals surface area contributed by atoms with Crippen LogP contribution in [0.15, 0.2) is 54.7 Å². The Morgan fingerprint density at radius 2 is 1.86 bits per heavy atom. The Labute approximate surface area is 160 Å². The number of hydrogen-bond donors (Lipinski definition) is 2. The molecule has 2 aromatic carbocycles. The highest BCUT2D eigenvalue weighted by Crippen LogP contribution is 2.14. The van der Waals surface area contributed by atoms with Crippen LogP contribution in [0.3, 0.4) is 0 Å². The summed E-state index contributed by atoms with van der Waals surface area (Å²) in [5.41, 5.74) is 1.96. The second-order valence-electron chi connectivity index (χ2n) is 6.04. The van der Waals surface area contributed by atoms with Crippen molar-refractivity contribution in [2.24, 2.45) is 0 Å². The monoisotopic (exact) mass is 379 g/mol. The van der Waals surface area contributed by atoms with Gasteiger partial charge in [-0.25, -0.2) is 9.78 Å². The Morgan fingerprint density at radius 3 is 2.57 bits per heavy atom. The lowest BCUT2D eigenvalue weighted by Gasteiger charge is -2.14. The van der Waals surface area contributed by atoms with Crippen LogP contribution in [-0.4, -0.2) is 39.0 Å². The summed E-state index contributed by atoms with van der Waals surface area (Å²) >= 11 is 0. The van der Waals surface area contributed by atoms with Crippen molar-refractivity contribution in [3.8, 4) is 5.75 Å². The van der Waals surface area contributed by atoms with Gasteiger partial charge in [0.05, 0.1) is 16.7 Å². The number of rotatable bonds is 6. The Morgan fingerprint density at radius 1 is 1.11 bits per heavy atom. The third-order valence-electron chi connectivity index (χ3n) is 3.87. The number of carbonyl (C=O) groups excluding carboxylic acids is 2. The fourth-order valence-corrected chi connectivity index (χ4v) is 2.61. The molecule has 8 nitrogen and oxygen atoms in total. The minimum atomic E-state index is -1.19. The number of nitrogens with one attached hydrogen (secondary N) is 1. The molecule has 0 fully saturated rings. The molecule has 0 radical (unpaired) electrons. The largest absolute Gasteiger partial charge is 0.480 e. The summed E-state index contributed by atoms with van der Waals surface area (Å²) in [4.78, 5) is 43.8. The second-order valence-corrected chi connectivity index (χ2v) is 6.04. The molecule has 0 unspecified atom stereocenters. The van der Waals surface area contributed by atoms with Crippen LogP contribution in [0.1, 0.15) is 23.0 Å². The fraction of sp³-hybridized carbons (Fsp3) is 0.150. The number of hydrogen-bond acceptors (Lipinski definition) is 6. The smallest absolute Gasteiger partial charge is 0.326 e. The molecule has 0 spiro atoms. The number of nitrogens with zero attached hydrogens (tertiary/aromatic N) is 2. The number of amides is 1. The molecule has 1 amide bonds. The molecular formula is C20H17N3O5. The molecule has 3 rings (SSSR count). The van der Waals surface area contributed by atoms with Crippen molar-refractivity contribution in [3.63, 3.8) is 0 Å². The fourth-order valence-electron chi connectivity index (χ4n) is 2.61. The highest BCUT2D eigenvalue weighted by atomic mass is 16.5. The van der Waals surface area contributed by atoms with Crippen molar-refractivity contribution in [2.75, 3.05) is 0 Å². The topological polar surface area (TPSA) is 118 Å². The quantitative estimate of drug-likeness (QED) is 0.496. The summed E-state index contributed by atoms with van der Waals surface area (Å²) in [6.07, 6.45) is 1.47. The van der Waals surface area contributed by atoms with Gasteiger partial charge in [0, 0.05) is 25.1 Å². The minimum Gasteiger partial charge on any atom is -0.480 e. The summed E-state index contributed by atoms with van der Waals surface area (Å²) in [7, 11) is 0. The van der Waals surface area contributed by atoms with E-state index < -0.39 is 23.9 Å². The molecule has 142 valence electrons. The lowest BCUT2D eigenvalue weighted by Crippen LogP contribution is -2.42. The maximum Gasteiger partial charge on any atom is 0.326 e. The van der Waals surface area contributed by atoms with Gasteiger partial charge in [0.1, 0.15) is 11.8 Å². The van der Waals surface area contributed by atoms with E-state index in [1.54, 1.807) is 12.1 Å². The molecule has 0 bridgehead atoms. The van der Waals surface area contributed by atoms with Crippen LogP contribution in [0.4, 0.5) is 0 Å². The van der Waals surface area contributed by atoms with Gasteiger partial charge in [-0.2, -0.15) is 0 Å². The molecule has 0 saturated carbocycles. The van der Waals surface area contributed by atoms with E-state index in [0.29, 0.717) is 16.7 Å². The average molecular weight is 379 g/mol. The van der Waals surface area contributed by atoms with Crippen LogP contribution in [0, 0.1) is 0 Å². The maximum absolute atomic E-state index is 12.4. The first-order valence-electron chi connectivity index (χ1n) is 8.45. The first kappa shape index (κ1) is 19.0. The molecule has 28 heavy (non-hydrogen) atoms. The summed E-state index contributed by atoms with van der Waals surface area (Å²) < 4.78 is 4.94. The number of benzene rings is 2. The first-order valence-corrected chi connectivity index (χ1v) is 8.45. The van der Waals surface area contributed by atoms with Crippen molar-refractivity contribution in [2.45, 2.75) is 19.4 Å². The molecule has 0 saturated heterocycles. The van der Waals surface area contributed by atoms with E-state index in [-0.39, 0.29) is 17.7 Å². The lowest BCUT2D eigenvalue weighted by molar-refractivity contribution is -0.139. The summed E-state index contributed by atoms with van der Waals surface area (Å²) in [5, 5.41) is 11.9. The number of carboxylic acids is 1. The normalized spacial score (nSPS) is 11.6. The zero-order chi connectivity index (χ0) is 20.1. The number of carbonyl (C=O) groups is 3. The number of aliphatic carboxylic acids is 1. The first-order chi connectivity index (χ1) is 13.4. The number of para-hydroxylation sites is 2. The van der Waals surface area contributed by atoms with Gasteiger partial charge in [0.25, 0.3) is 5.91 Å². The van der Waals surface area contributed by atoms with Crippen molar-refractivity contribution >= 4 is 28.9 Å². The van der Waals surface area contributed by atoms with E-state index in [0.717, 1.165) is 0 Å². The Hall–Kier alpha value is -3.81. The molecular weight excluding hydrogens is 362 g/mol. The molecule has 0 aliphatic heterocycles. The van der Waals surface area contributed by atoms with E-state index in [9.17, 15) is 19.5 Å². The van der Waals surface area contributed by atoms with Crippen LogP contribution < -0.4 is 10.1 Å². The Balaban J connectivity index is 1.76. The van der Waals surface area contributed by atoms with E-state index >= 15 is 0 Å². The minimum absolute atomic E-state index is 0.0253. The van der Waals surface area contributed by atoms with Crippen LogP contribution in [0.25, 0.3) is 11.0 Å². The van der Waals surface area contributed by atoms with Gasteiger partial charge in [-0.1, -0.05) is 18.2 Å². The van der Waals surface area contributed by atoms with E-state index in [1.165, 1.54) is 37.4 Å². The molecule has 8 heteroatoms. The lowest BCUT2D eigenvalue weighted by atomic mass is 10.1. The number of aromatic nitrogens is 2. The van der Waals surface area contributed by atoms with Gasteiger partial charge in [0.2, 0.25) is 0 Å². The van der Waals surface area contributed by atoms with Gasteiger partial charge < -0.3 is 15.2 Å². The number of fused-ring (bicyclic) bond motifs is 1. The van der Waals surface area contributed by atoms with Crippen molar-refractivity contribution in [1.82, 2.24) is 15.3 Å². The van der Waals surface area contributed by atoms with Crippen molar-refractivity contribution < 1.29 is 24.2 Å². The van der Waals surface area contributed by atoms with Gasteiger partial charge >= 0.3 is 11.9 Å². The third-order valence-corrected chi connectivity index (χ3v) is 3.87. The van der Waals surface area contributed by atoms with Crippen LogP contribution >= 0.6 is 0 Å². The van der Waals surface area contributed by atoms with E-state index in [2.05, 4.69) is 15.3 Å². The predicted octanol–water partition coefficient (Wildman–Crippen LogP) is 1.98.